The molecule has 0 atom stereocenters. The highest BCUT2D eigenvalue weighted by molar-refractivity contribution is 5.93. The molecule has 4 heteroatoms. The highest BCUT2D eigenvalue weighted by atomic mass is 14.8. The topological polar surface area (TPSA) is 75.7 Å². The van der Waals surface area contributed by atoms with Crippen molar-refractivity contribution in [2.75, 3.05) is 5.73 Å². The van der Waals surface area contributed by atoms with E-state index in [1.54, 1.807) is 6.20 Å². The number of fused-ring (bicyclic) bond motifs is 1. The van der Waals surface area contributed by atoms with Crippen LogP contribution in [0.4, 0.5) is 5.82 Å². The number of nitrogens with zero attached hydrogens (tertiary/aromatic N) is 2. The van der Waals surface area contributed by atoms with Crippen LogP contribution < -0.4 is 5.73 Å². The first-order valence-electron chi connectivity index (χ1n) is 6.52. The van der Waals surface area contributed by atoms with E-state index in [1.807, 2.05) is 12.3 Å². The Bertz CT molecular complexity index is 634. The van der Waals surface area contributed by atoms with Gasteiger partial charge in [-0.2, -0.15) is 0 Å². The number of hydrogen-bond donors (Lipinski definition) is 2. The van der Waals surface area contributed by atoms with Crippen molar-refractivity contribution in [3.63, 3.8) is 0 Å². The molecule has 0 saturated carbocycles. The van der Waals surface area contributed by atoms with Gasteiger partial charge in [0.05, 0.1) is 0 Å². The molecule has 1 aliphatic carbocycles. The molecule has 3 rings (SSSR count). The summed E-state index contributed by atoms with van der Waals surface area (Å²) in [5.41, 5.74) is 11.0. The van der Waals surface area contributed by atoms with Crippen LogP contribution in [0.2, 0.25) is 0 Å². The lowest BCUT2D eigenvalue weighted by molar-refractivity contribution is 0.668. The van der Waals surface area contributed by atoms with Gasteiger partial charge in [0.15, 0.2) is 0 Å². The van der Waals surface area contributed by atoms with Gasteiger partial charge in [-0.3, -0.25) is 4.98 Å². The molecule has 0 fully saturated rings. The van der Waals surface area contributed by atoms with Gasteiger partial charge in [-0.05, 0) is 48.9 Å². The first kappa shape index (κ1) is 11.8. The molecule has 0 spiro atoms. The molecule has 0 radical (unpaired) electrons. The van der Waals surface area contributed by atoms with Crippen molar-refractivity contribution in [2.24, 2.45) is 0 Å². The lowest BCUT2D eigenvalue weighted by atomic mass is 9.93. The van der Waals surface area contributed by atoms with E-state index in [9.17, 15) is 0 Å². The lowest BCUT2D eigenvalue weighted by Crippen LogP contribution is -2.06. The number of pyridine rings is 2. The Morgan fingerprint density at radius 3 is 2.89 bits per heavy atom. The van der Waals surface area contributed by atoms with Gasteiger partial charge in [0, 0.05) is 35.4 Å². The van der Waals surface area contributed by atoms with Crippen LogP contribution in [0.15, 0.2) is 24.5 Å². The zero-order valence-electron chi connectivity index (χ0n) is 10.7. The summed E-state index contributed by atoms with van der Waals surface area (Å²) in [6, 6.07) is 4.08. The lowest BCUT2D eigenvalue weighted by Gasteiger charge is -2.16. The van der Waals surface area contributed by atoms with Gasteiger partial charge in [0.2, 0.25) is 0 Å². The van der Waals surface area contributed by atoms with Crippen LogP contribution in [-0.4, -0.2) is 16.2 Å². The minimum Gasteiger partial charge on any atom is -0.383 e. The molecule has 0 bridgehead atoms. The molecule has 2 aromatic heterocycles. The SMILES string of the molecule is N=Cc1c(-c2cnc3c(c2)CCCC3)ccnc1N. The third-order valence-corrected chi connectivity index (χ3v) is 3.65. The number of anilines is 1. The van der Waals surface area contributed by atoms with E-state index in [2.05, 4.69) is 16.0 Å². The Labute approximate surface area is 112 Å². The Morgan fingerprint density at radius 2 is 2.05 bits per heavy atom. The molecule has 1 aliphatic rings. The van der Waals surface area contributed by atoms with Crippen molar-refractivity contribution in [3.05, 3.63) is 41.3 Å². The van der Waals surface area contributed by atoms with E-state index in [-0.39, 0.29) is 0 Å². The number of nitrogens with two attached hydrogens (primary N) is 1. The van der Waals surface area contributed by atoms with Gasteiger partial charge in [-0.15, -0.1) is 0 Å². The monoisotopic (exact) mass is 252 g/mol. The predicted molar refractivity (Wildman–Crippen MR) is 76.4 cm³/mol. The molecule has 4 nitrogen and oxygen atoms in total. The third kappa shape index (κ3) is 2.10. The molecule has 0 saturated heterocycles. The van der Waals surface area contributed by atoms with E-state index in [0.29, 0.717) is 11.4 Å². The summed E-state index contributed by atoms with van der Waals surface area (Å²) in [6.45, 7) is 0. The molecular weight excluding hydrogens is 236 g/mol. The molecule has 0 amide bonds. The quantitative estimate of drug-likeness (QED) is 0.807. The van der Waals surface area contributed by atoms with Crippen LogP contribution in [-0.2, 0) is 12.8 Å². The predicted octanol–water partition coefficient (Wildman–Crippen LogP) is 2.60. The highest BCUT2D eigenvalue weighted by Crippen LogP contribution is 2.28. The summed E-state index contributed by atoms with van der Waals surface area (Å²) in [4.78, 5) is 8.59. The van der Waals surface area contributed by atoms with Crippen molar-refractivity contribution in [1.82, 2.24) is 9.97 Å². The Kier molecular flexibility index (Phi) is 2.99. The number of nitrogen functional groups attached to an aromatic ring is 1. The molecule has 0 aromatic carbocycles. The largest absolute Gasteiger partial charge is 0.383 e. The smallest absolute Gasteiger partial charge is 0.132 e. The zero-order valence-corrected chi connectivity index (χ0v) is 10.7. The van der Waals surface area contributed by atoms with Gasteiger partial charge >= 0.3 is 0 Å². The molecule has 2 aromatic rings. The third-order valence-electron chi connectivity index (χ3n) is 3.65. The maximum Gasteiger partial charge on any atom is 0.132 e. The number of rotatable bonds is 2. The van der Waals surface area contributed by atoms with Crippen LogP contribution >= 0.6 is 0 Å². The van der Waals surface area contributed by atoms with E-state index >= 15 is 0 Å². The van der Waals surface area contributed by atoms with Gasteiger partial charge in [-0.25, -0.2) is 4.98 Å². The molecule has 19 heavy (non-hydrogen) atoms. The maximum atomic E-state index is 7.50. The molecule has 0 unspecified atom stereocenters. The minimum absolute atomic E-state index is 0.394. The maximum absolute atomic E-state index is 7.50. The molecule has 0 aliphatic heterocycles. The fraction of sp³-hybridized carbons (Fsp3) is 0.267. The van der Waals surface area contributed by atoms with Gasteiger partial charge in [0.25, 0.3) is 0 Å². The summed E-state index contributed by atoms with van der Waals surface area (Å²) in [5, 5.41) is 7.50. The van der Waals surface area contributed by atoms with Crippen molar-refractivity contribution in [1.29, 1.82) is 5.41 Å². The molecule has 2 heterocycles. The first-order chi connectivity index (χ1) is 9.29. The second-order valence-electron chi connectivity index (χ2n) is 4.84. The fourth-order valence-electron chi connectivity index (χ4n) is 2.63. The Hall–Kier alpha value is -2.23. The Balaban J connectivity index is 2.12. The highest BCUT2D eigenvalue weighted by Gasteiger charge is 2.13. The van der Waals surface area contributed by atoms with Crippen LogP contribution in [0, 0.1) is 5.41 Å². The van der Waals surface area contributed by atoms with Crippen molar-refractivity contribution in [2.45, 2.75) is 25.7 Å². The average Bonchev–Trinajstić information content (AvgIpc) is 2.46. The first-order valence-corrected chi connectivity index (χ1v) is 6.52. The summed E-state index contributed by atoms with van der Waals surface area (Å²) in [6.07, 6.45) is 9.45. The standard InChI is InChI=1S/C15H16N4/c16-8-13-12(5-6-18-15(13)17)11-7-10-3-1-2-4-14(10)19-9-11/h5-9,16H,1-4H2,(H2,17,18). The minimum atomic E-state index is 0.394. The molecule has 96 valence electrons. The number of aryl methyl sites for hydroxylation is 2. The zero-order chi connectivity index (χ0) is 13.2. The summed E-state index contributed by atoms with van der Waals surface area (Å²) < 4.78 is 0. The average molecular weight is 252 g/mol. The van der Waals surface area contributed by atoms with Gasteiger partial charge in [0.1, 0.15) is 5.82 Å². The Morgan fingerprint density at radius 1 is 1.21 bits per heavy atom. The number of nitrogens with one attached hydrogen (secondary N) is 1. The number of aromatic nitrogens is 2. The number of hydrogen-bond acceptors (Lipinski definition) is 4. The van der Waals surface area contributed by atoms with Crippen LogP contribution in [0.3, 0.4) is 0 Å². The normalized spacial score (nSPS) is 13.9. The van der Waals surface area contributed by atoms with E-state index in [0.717, 1.165) is 24.0 Å². The van der Waals surface area contributed by atoms with Crippen LogP contribution in [0.1, 0.15) is 29.7 Å². The van der Waals surface area contributed by atoms with Crippen molar-refractivity contribution < 1.29 is 0 Å². The molecular formula is C15H16N4. The second-order valence-corrected chi connectivity index (χ2v) is 4.84. The van der Waals surface area contributed by atoms with Crippen molar-refractivity contribution in [3.8, 4) is 11.1 Å². The summed E-state index contributed by atoms with van der Waals surface area (Å²) >= 11 is 0. The van der Waals surface area contributed by atoms with Gasteiger partial charge in [-0.1, -0.05) is 0 Å². The summed E-state index contributed by atoms with van der Waals surface area (Å²) in [5.74, 6) is 0.394. The fourth-order valence-corrected chi connectivity index (χ4v) is 2.63. The second kappa shape index (κ2) is 4.80. The van der Waals surface area contributed by atoms with Crippen LogP contribution in [0.25, 0.3) is 11.1 Å². The van der Waals surface area contributed by atoms with Crippen molar-refractivity contribution >= 4 is 12.0 Å². The van der Waals surface area contributed by atoms with E-state index < -0.39 is 0 Å². The van der Waals surface area contributed by atoms with E-state index in [4.69, 9.17) is 11.1 Å². The van der Waals surface area contributed by atoms with E-state index in [1.165, 1.54) is 30.3 Å². The van der Waals surface area contributed by atoms with Crippen LogP contribution in [0.5, 0.6) is 0 Å². The summed E-state index contributed by atoms with van der Waals surface area (Å²) in [7, 11) is 0. The van der Waals surface area contributed by atoms with Gasteiger partial charge < -0.3 is 11.1 Å². The molecule has 3 N–H and O–H groups in total.